The van der Waals surface area contributed by atoms with Gasteiger partial charge in [0, 0.05) is 29.8 Å². The summed E-state index contributed by atoms with van der Waals surface area (Å²) in [4.78, 5) is 8.99. The van der Waals surface area contributed by atoms with Gasteiger partial charge in [-0.05, 0) is 24.5 Å². The molecule has 4 N–H and O–H groups in total. The van der Waals surface area contributed by atoms with Crippen molar-refractivity contribution in [1.29, 1.82) is 0 Å². The van der Waals surface area contributed by atoms with Gasteiger partial charge in [-0.3, -0.25) is 0 Å². The van der Waals surface area contributed by atoms with E-state index >= 15 is 0 Å². The van der Waals surface area contributed by atoms with Gasteiger partial charge < -0.3 is 25.5 Å². The summed E-state index contributed by atoms with van der Waals surface area (Å²) in [6.45, 7) is 0.977. The summed E-state index contributed by atoms with van der Waals surface area (Å²) in [6.07, 6.45) is 5.89. The Morgan fingerprint density at radius 3 is 3.00 bits per heavy atom. The SMILES string of the molecule is COc1cc(O)c(N)cc1Nc1ncc(Cl)c(-c2cn3c4c(cccc24)CCC3)n1. The van der Waals surface area contributed by atoms with Crippen LogP contribution in [-0.4, -0.2) is 26.8 Å². The molecule has 0 saturated heterocycles. The first kappa shape index (κ1) is 18.6. The van der Waals surface area contributed by atoms with Crippen molar-refractivity contribution in [3.05, 3.63) is 53.3 Å². The molecule has 0 spiro atoms. The summed E-state index contributed by atoms with van der Waals surface area (Å²) in [7, 11) is 1.51. The first-order valence-corrected chi connectivity index (χ1v) is 10.00. The predicted molar refractivity (Wildman–Crippen MR) is 119 cm³/mol. The maximum absolute atomic E-state index is 9.82. The van der Waals surface area contributed by atoms with Gasteiger partial charge in [-0.25, -0.2) is 9.97 Å². The van der Waals surface area contributed by atoms with E-state index < -0.39 is 0 Å². The van der Waals surface area contributed by atoms with Crippen LogP contribution in [-0.2, 0) is 13.0 Å². The Bertz CT molecular complexity index is 1280. The lowest BCUT2D eigenvalue weighted by atomic mass is 10.0. The number of hydrogen-bond acceptors (Lipinski definition) is 6. The van der Waals surface area contributed by atoms with Gasteiger partial charge in [0.2, 0.25) is 5.95 Å². The van der Waals surface area contributed by atoms with Crippen LogP contribution >= 0.6 is 11.6 Å². The average Bonchev–Trinajstić information content (AvgIpc) is 3.12. The van der Waals surface area contributed by atoms with Crippen molar-refractivity contribution in [2.75, 3.05) is 18.2 Å². The number of aromatic hydroxyl groups is 1. The number of aromatic nitrogens is 3. The van der Waals surface area contributed by atoms with Gasteiger partial charge in [0.25, 0.3) is 0 Å². The quantitative estimate of drug-likeness (QED) is 0.250. The number of hydrogen-bond donors (Lipinski definition) is 3. The Labute approximate surface area is 178 Å². The fraction of sp³-hybridized carbons (Fsp3) is 0.182. The molecule has 4 aromatic rings. The van der Waals surface area contributed by atoms with Gasteiger partial charge in [-0.15, -0.1) is 0 Å². The molecule has 0 radical (unpaired) electrons. The fourth-order valence-electron chi connectivity index (χ4n) is 4.03. The van der Waals surface area contributed by atoms with E-state index in [0.29, 0.717) is 28.1 Å². The number of para-hydroxylation sites is 1. The standard InChI is InChI=1S/C22H20ClN5O2/c1-30-19-9-18(29)16(24)8-17(19)26-22-25-10-15(23)20(27-22)14-11-28-7-3-5-12-4-2-6-13(14)21(12)28/h2,4,6,8-11,29H,3,5,7,24H2,1H3,(H,25,26,27). The largest absolute Gasteiger partial charge is 0.506 e. The average molecular weight is 422 g/mol. The van der Waals surface area contributed by atoms with Crippen molar-refractivity contribution in [3.8, 4) is 22.8 Å². The highest BCUT2D eigenvalue weighted by Gasteiger charge is 2.20. The Morgan fingerprint density at radius 1 is 1.30 bits per heavy atom. The number of phenols is 1. The van der Waals surface area contributed by atoms with Crippen LogP contribution < -0.4 is 15.8 Å². The van der Waals surface area contributed by atoms with Crippen LogP contribution in [0, 0.1) is 0 Å². The number of methoxy groups -OCH3 is 1. The molecule has 2 aromatic carbocycles. The zero-order chi connectivity index (χ0) is 20.8. The number of nitrogens with one attached hydrogen (secondary N) is 1. The van der Waals surface area contributed by atoms with Crippen LogP contribution in [0.3, 0.4) is 0 Å². The highest BCUT2D eigenvalue weighted by atomic mass is 35.5. The maximum atomic E-state index is 9.82. The molecule has 30 heavy (non-hydrogen) atoms. The fourth-order valence-corrected chi connectivity index (χ4v) is 4.23. The van der Waals surface area contributed by atoms with E-state index in [0.717, 1.165) is 30.3 Å². The van der Waals surface area contributed by atoms with Crippen LogP contribution in [0.25, 0.3) is 22.2 Å². The molecule has 0 amide bonds. The number of halogens is 1. The molecule has 0 atom stereocenters. The zero-order valence-corrected chi connectivity index (χ0v) is 17.1. The summed E-state index contributed by atoms with van der Waals surface area (Å²) in [5.74, 6) is 0.725. The van der Waals surface area contributed by atoms with Crippen molar-refractivity contribution in [2.45, 2.75) is 19.4 Å². The first-order valence-electron chi connectivity index (χ1n) is 9.62. The maximum Gasteiger partial charge on any atom is 0.227 e. The summed E-state index contributed by atoms with van der Waals surface area (Å²) < 4.78 is 7.60. The Morgan fingerprint density at radius 2 is 2.17 bits per heavy atom. The number of phenolic OH excluding ortho intramolecular Hbond substituents is 1. The number of rotatable bonds is 4. The van der Waals surface area contributed by atoms with E-state index in [1.54, 1.807) is 12.3 Å². The molecule has 7 nitrogen and oxygen atoms in total. The summed E-state index contributed by atoms with van der Waals surface area (Å²) in [5, 5.41) is 14.5. The smallest absolute Gasteiger partial charge is 0.227 e. The van der Waals surface area contributed by atoms with Crippen molar-refractivity contribution in [2.24, 2.45) is 0 Å². The van der Waals surface area contributed by atoms with Gasteiger partial charge in [-0.1, -0.05) is 29.8 Å². The lowest BCUT2D eigenvalue weighted by Gasteiger charge is -2.14. The van der Waals surface area contributed by atoms with E-state index in [4.69, 9.17) is 22.1 Å². The molecular weight excluding hydrogens is 402 g/mol. The second kappa shape index (κ2) is 7.11. The highest BCUT2D eigenvalue weighted by molar-refractivity contribution is 6.33. The van der Waals surface area contributed by atoms with Gasteiger partial charge in [0.1, 0.15) is 11.5 Å². The van der Waals surface area contributed by atoms with Crippen LogP contribution in [0.1, 0.15) is 12.0 Å². The summed E-state index contributed by atoms with van der Waals surface area (Å²) in [6, 6.07) is 9.38. The van der Waals surface area contributed by atoms with E-state index in [1.807, 2.05) is 0 Å². The molecule has 1 aliphatic heterocycles. The van der Waals surface area contributed by atoms with E-state index in [-0.39, 0.29) is 11.4 Å². The van der Waals surface area contributed by atoms with Crippen LogP contribution in [0.4, 0.5) is 17.3 Å². The first-order chi connectivity index (χ1) is 14.5. The molecule has 0 fully saturated rings. The predicted octanol–water partition coefficient (Wildman–Crippen LogP) is 4.74. The number of anilines is 3. The van der Waals surface area contributed by atoms with Crippen molar-refractivity contribution in [1.82, 2.24) is 14.5 Å². The lowest BCUT2D eigenvalue weighted by molar-refractivity contribution is 0.410. The Hall–Kier alpha value is -3.45. The summed E-state index contributed by atoms with van der Waals surface area (Å²) >= 11 is 6.51. The van der Waals surface area contributed by atoms with E-state index in [9.17, 15) is 5.11 Å². The van der Waals surface area contributed by atoms with Crippen molar-refractivity contribution >= 4 is 39.8 Å². The zero-order valence-electron chi connectivity index (χ0n) is 16.3. The Balaban J connectivity index is 1.60. The number of aryl methyl sites for hydroxylation is 2. The van der Waals surface area contributed by atoms with Crippen LogP contribution in [0.2, 0.25) is 5.02 Å². The van der Waals surface area contributed by atoms with Crippen molar-refractivity contribution < 1.29 is 9.84 Å². The minimum Gasteiger partial charge on any atom is -0.506 e. The molecule has 0 bridgehead atoms. The second-order valence-electron chi connectivity index (χ2n) is 7.28. The van der Waals surface area contributed by atoms with Gasteiger partial charge in [0.05, 0.1) is 40.9 Å². The minimum atomic E-state index is -0.0516. The normalized spacial score (nSPS) is 12.9. The third kappa shape index (κ3) is 2.98. The van der Waals surface area contributed by atoms with Gasteiger partial charge >= 0.3 is 0 Å². The molecule has 2 aromatic heterocycles. The third-order valence-corrected chi connectivity index (χ3v) is 5.70. The van der Waals surface area contributed by atoms with Crippen LogP contribution in [0.15, 0.2) is 42.7 Å². The van der Waals surface area contributed by atoms with Gasteiger partial charge in [-0.2, -0.15) is 0 Å². The third-order valence-electron chi connectivity index (χ3n) is 5.42. The minimum absolute atomic E-state index is 0.0516. The topological polar surface area (TPSA) is 98.2 Å². The summed E-state index contributed by atoms with van der Waals surface area (Å²) in [5.41, 5.74) is 10.8. The molecule has 0 aliphatic carbocycles. The van der Waals surface area contributed by atoms with E-state index in [1.165, 1.54) is 24.3 Å². The van der Waals surface area contributed by atoms with E-state index in [2.05, 4.69) is 44.2 Å². The highest BCUT2D eigenvalue weighted by Crippen LogP contribution is 2.39. The molecule has 0 unspecified atom stereocenters. The molecule has 1 aliphatic rings. The molecule has 3 heterocycles. The number of ether oxygens (including phenoxy) is 1. The molecular formula is C22H20ClN5O2. The van der Waals surface area contributed by atoms with Crippen molar-refractivity contribution in [3.63, 3.8) is 0 Å². The lowest BCUT2D eigenvalue weighted by Crippen LogP contribution is -2.05. The number of nitrogen functional groups attached to an aromatic ring is 1. The molecule has 5 rings (SSSR count). The monoisotopic (exact) mass is 421 g/mol. The number of nitrogens with zero attached hydrogens (tertiary/aromatic N) is 3. The Kier molecular flexibility index (Phi) is 4.40. The van der Waals surface area contributed by atoms with Crippen LogP contribution in [0.5, 0.6) is 11.5 Å². The number of nitrogens with two attached hydrogens (primary N) is 1. The molecule has 8 heteroatoms. The second-order valence-corrected chi connectivity index (χ2v) is 7.69. The number of benzene rings is 2. The molecule has 0 saturated carbocycles. The van der Waals surface area contributed by atoms with Gasteiger partial charge in [0.15, 0.2) is 0 Å². The molecule has 152 valence electrons.